The molecular formula is C23H16Cl2F3N3O3. The Bertz CT molecular complexity index is 1310. The van der Waals surface area contributed by atoms with Gasteiger partial charge < -0.3 is 15.4 Å². The molecule has 0 aliphatic carbocycles. The third kappa shape index (κ3) is 4.28. The van der Waals surface area contributed by atoms with Crippen molar-refractivity contribution < 1.29 is 28.0 Å². The van der Waals surface area contributed by atoms with Crippen molar-refractivity contribution in [1.82, 2.24) is 5.32 Å². The lowest BCUT2D eigenvalue weighted by Gasteiger charge is -2.29. The summed E-state index contributed by atoms with van der Waals surface area (Å²) in [4.78, 5) is 17.7. The normalized spacial score (nSPS) is 18.2. The van der Waals surface area contributed by atoms with E-state index in [1.165, 1.54) is 18.2 Å². The van der Waals surface area contributed by atoms with Crippen molar-refractivity contribution in [2.45, 2.75) is 18.2 Å². The first-order chi connectivity index (χ1) is 16.2. The van der Waals surface area contributed by atoms with E-state index in [1.807, 2.05) is 0 Å². The summed E-state index contributed by atoms with van der Waals surface area (Å²) in [7, 11) is 0. The van der Waals surface area contributed by atoms with Gasteiger partial charge in [0.15, 0.2) is 0 Å². The van der Waals surface area contributed by atoms with Crippen LogP contribution in [0.5, 0.6) is 0 Å². The molecule has 1 atom stereocenters. The molecule has 0 saturated heterocycles. The van der Waals surface area contributed by atoms with E-state index in [0.29, 0.717) is 21.9 Å². The van der Waals surface area contributed by atoms with Gasteiger partial charge in [0.2, 0.25) is 0 Å². The number of amides is 1. The van der Waals surface area contributed by atoms with Gasteiger partial charge in [-0.3, -0.25) is 4.79 Å². The zero-order valence-corrected chi connectivity index (χ0v) is 18.7. The highest BCUT2D eigenvalue weighted by atomic mass is 35.5. The zero-order valence-electron chi connectivity index (χ0n) is 17.2. The monoisotopic (exact) mass is 509 g/mol. The van der Waals surface area contributed by atoms with Crippen LogP contribution in [0.25, 0.3) is 10.8 Å². The molecule has 0 aromatic heterocycles. The number of hydrogen-bond acceptors (Lipinski definition) is 5. The fourth-order valence-electron chi connectivity index (χ4n) is 3.86. The quantitative estimate of drug-likeness (QED) is 0.254. The molecule has 3 aromatic rings. The minimum absolute atomic E-state index is 0.00224. The van der Waals surface area contributed by atoms with Gasteiger partial charge >= 0.3 is 6.18 Å². The minimum atomic E-state index is -4.82. The summed E-state index contributed by atoms with van der Waals surface area (Å²) in [5.41, 5.74) is -2.28. The van der Waals surface area contributed by atoms with Gasteiger partial charge in [0, 0.05) is 33.2 Å². The van der Waals surface area contributed by atoms with Crippen molar-refractivity contribution >= 4 is 51.8 Å². The minimum Gasteiger partial charge on any atom is -0.411 e. The average Bonchev–Trinajstić information content (AvgIpc) is 3.25. The van der Waals surface area contributed by atoms with Gasteiger partial charge in [0.1, 0.15) is 0 Å². The first kappa shape index (κ1) is 23.8. The lowest BCUT2D eigenvalue weighted by atomic mass is 9.85. The molecule has 1 amide bonds. The third-order valence-electron chi connectivity index (χ3n) is 5.43. The van der Waals surface area contributed by atoms with E-state index in [2.05, 4.69) is 15.6 Å². The first-order valence-electron chi connectivity index (χ1n) is 9.91. The van der Waals surface area contributed by atoms with Gasteiger partial charge in [-0.05, 0) is 35.0 Å². The average molecular weight is 510 g/mol. The van der Waals surface area contributed by atoms with Gasteiger partial charge in [0.05, 0.1) is 18.5 Å². The number of oxime groups is 2. The topological polar surface area (TPSA) is 83.3 Å². The van der Waals surface area contributed by atoms with Crippen molar-refractivity contribution in [2.75, 3.05) is 6.54 Å². The smallest absolute Gasteiger partial charge is 0.411 e. The van der Waals surface area contributed by atoms with Crippen molar-refractivity contribution in [3.63, 3.8) is 0 Å². The Labute approximate surface area is 201 Å². The summed E-state index contributed by atoms with van der Waals surface area (Å²) in [5, 5.41) is 18.8. The van der Waals surface area contributed by atoms with Crippen LogP contribution in [0.15, 0.2) is 64.9 Å². The maximum Gasteiger partial charge on any atom is 0.435 e. The molecule has 4 rings (SSSR count). The lowest BCUT2D eigenvalue weighted by Crippen LogP contribution is -2.42. The molecule has 11 heteroatoms. The van der Waals surface area contributed by atoms with E-state index in [0.717, 1.165) is 18.3 Å². The van der Waals surface area contributed by atoms with E-state index in [4.69, 9.17) is 33.2 Å². The van der Waals surface area contributed by atoms with Gasteiger partial charge in [-0.15, -0.1) is 5.16 Å². The summed E-state index contributed by atoms with van der Waals surface area (Å²) in [6.45, 7) is 0.00224. The fraction of sp³-hybridized carbons (Fsp3) is 0.174. The summed E-state index contributed by atoms with van der Waals surface area (Å²) >= 11 is 11.9. The Morgan fingerprint density at radius 2 is 1.82 bits per heavy atom. The maximum absolute atomic E-state index is 14.3. The Kier molecular flexibility index (Phi) is 6.42. The molecule has 0 spiro atoms. The molecule has 1 heterocycles. The Balaban J connectivity index is 1.76. The standard InChI is InChI=1S/C23H16Cl2F3N3O3/c24-14-9-13(10-15(25)11-14)22(23(26,27)28)12-20(31-34-22)18-5-6-19(21(32)29-7-8-30-33)17-4-2-1-3-16(17)18/h1-6,8-11,33H,7,12H2,(H,29,32)/b30-8+. The number of nitrogens with zero attached hydrogens (tertiary/aromatic N) is 2. The maximum atomic E-state index is 14.3. The number of carbonyl (C=O) groups excluding carboxylic acids is 1. The highest BCUT2D eigenvalue weighted by Crippen LogP contribution is 2.50. The number of nitrogens with one attached hydrogen (secondary N) is 1. The number of halogens is 5. The molecule has 3 aromatic carbocycles. The Morgan fingerprint density at radius 3 is 2.47 bits per heavy atom. The van der Waals surface area contributed by atoms with Crippen LogP contribution in [0.2, 0.25) is 10.0 Å². The van der Waals surface area contributed by atoms with Gasteiger partial charge in [-0.2, -0.15) is 13.2 Å². The Hall–Kier alpha value is -3.30. The summed E-state index contributed by atoms with van der Waals surface area (Å²) in [6, 6.07) is 13.4. The number of benzene rings is 3. The van der Waals surface area contributed by atoms with Gasteiger partial charge in [-0.25, -0.2) is 0 Å². The zero-order chi connectivity index (χ0) is 24.5. The van der Waals surface area contributed by atoms with Crippen LogP contribution >= 0.6 is 23.2 Å². The van der Waals surface area contributed by atoms with E-state index < -0.39 is 24.1 Å². The lowest BCUT2D eigenvalue weighted by molar-refractivity contribution is -0.275. The van der Waals surface area contributed by atoms with Crippen LogP contribution in [-0.4, -0.2) is 35.8 Å². The molecule has 1 unspecified atom stereocenters. The second-order valence-electron chi connectivity index (χ2n) is 7.50. The molecule has 1 aliphatic heterocycles. The summed E-state index contributed by atoms with van der Waals surface area (Å²) in [5.74, 6) is -0.439. The largest absolute Gasteiger partial charge is 0.435 e. The molecule has 6 nitrogen and oxygen atoms in total. The molecule has 1 aliphatic rings. The molecule has 0 radical (unpaired) electrons. The van der Waals surface area contributed by atoms with Crippen molar-refractivity contribution in [2.24, 2.45) is 10.3 Å². The van der Waals surface area contributed by atoms with E-state index in [-0.39, 0.29) is 27.9 Å². The highest BCUT2D eigenvalue weighted by Gasteiger charge is 2.62. The van der Waals surface area contributed by atoms with Crippen LogP contribution in [0.3, 0.4) is 0 Å². The van der Waals surface area contributed by atoms with Crippen LogP contribution in [0.4, 0.5) is 13.2 Å². The van der Waals surface area contributed by atoms with Gasteiger partial charge in [0.25, 0.3) is 11.5 Å². The van der Waals surface area contributed by atoms with Crippen LogP contribution in [0, 0.1) is 0 Å². The highest BCUT2D eigenvalue weighted by molar-refractivity contribution is 6.34. The molecular weight excluding hydrogens is 494 g/mol. The van der Waals surface area contributed by atoms with E-state index in [1.54, 1.807) is 24.3 Å². The number of fused-ring (bicyclic) bond motifs is 1. The first-order valence-corrected chi connectivity index (χ1v) is 10.7. The number of carbonyl (C=O) groups is 1. The van der Waals surface area contributed by atoms with E-state index in [9.17, 15) is 18.0 Å². The number of alkyl halides is 3. The van der Waals surface area contributed by atoms with Crippen molar-refractivity contribution in [3.05, 3.63) is 81.3 Å². The number of rotatable bonds is 5. The van der Waals surface area contributed by atoms with E-state index >= 15 is 0 Å². The molecule has 176 valence electrons. The SMILES string of the molecule is O=C(NC/C=N/O)c1ccc(C2=NOC(c3cc(Cl)cc(Cl)c3)(C(F)(F)F)C2)c2ccccc12. The molecule has 0 fully saturated rings. The van der Waals surface area contributed by atoms with Crippen LogP contribution in [-0.2, 0) is 10.4 Å². The molecule has 2 N–H and O–H groups in total. The van der Waals surface area contributed by atoms with Crippen molar-refractivity contribution in [1.29, 1.82) is 0 Å². The second kappa shape index (κ2) is 9.15. The van der Waals surface area contributed by atoms with Crippen molar-refractivity contribution in [3.8, 4) is 0 Å². The fourth-order valence-corrected chi connectivity index (χ4v) is 4.38. The molecule has 0 bridgehead atoms. The second-order valence-corrected chi connectivity index (χ2v) is 8.38. The van der Waals surface area contributed by atoms with Crippen LogP contribution < -0.4 is 5.32 Å². The predicted octanol–water partition coefficient (Wildman–Crippen LogP) is 5.92. The van der Waals surface area contributed by atoms with Crippen LogP contribution in [0.1, 0.15) is 27.9 Å². The van der Waals surface area contributed by atoms with Gasteiger partial charge in [-0.1, -0.05) is 58.7 Å². The Morgan fingerprint density at radius 1 is 1.15 bits per heavy atom. The predicted molar refractivity (Wildman–Crippen MR) is 123 cm³/mol. The third-order valence-corrected chi connectivity index (χ3v) is 5.87. The summed E-state index contributed by atoms with van der Waals surface area (Å²) < 4.78 is 43.0. The number of hydrogen-bond donors (Lipinski definition) is 2. The molecule has 34 heavy (non-hydrogen) atoms. The summed E-state index contributed by atoms with van der Waals surface area (Å²) in [6.07, 6.45) is -4.33. The molecule has 0 saturated carbocycles.